The van der Waals surface area contributed by atoms with Crippen molar-refractivity contribution in [1.82, 2.24) is 14.9 Å². The molecule has 3 aromatic rings. The number of carbonyl (C=O) groups is 1. The number of ether oxygens (including phenoxy) is 3. The largest absolute Gasteiger partial charge is 0.497 e. The second-order valence-electron chi connectivity index (χ2n) is 5.83. The Balaban J connectivity index is 1.50. The topological polar surface area (TPSA) is 78.7 Å². The maximum atomic E-state index is 12.7. The molecular weight excluding hydrogens is 380 g/mol. The summed E-state index contributed by atoms with van der Waals surface area (Å²) < 4.78 is 18.1. The van der Waals surface area contributed by atoms with Crippen molar-refractivity contribution in [3.05, 3.63) is 60.4 Å². The Bertz CT molecular complexity index is 946. The number of rotatable bonds is 5. The van der Waals surface area contributed by atoms with E-state index in [1.807, 2.05) is 42.5 Å². The molecule has 1 amide bonds. The molecule has 4 rings (SSSR count). The average Bonchev–Trinajstić information content (AvgIpc) is 3.16. The molecule has 0 aliphatic carbocycles. The van der Waals surface area contributed by atoms with E-state index < -0.39 is 6.09 Å². The van der Waals surface area contributed by atoms with Crippen LogP contribution in [-0.2, 0) is 6.61 Å². The molecule has 0 atom stereocenters. The lowest BCUT2D eigenvalue weighted by Gasteiger charge is -2.28. The summed E-state index contributed by atoms with van der Waals surface area (Å²) in [5.74, 6) is 3.12. The molecule has 9 heteroatoms. The summed E-state index contributed by atoms with van der Waals surface area (Å²) in [5.41, 5.74) is 0. The summed E-state index contributed by atoms with van der Waals surface area (Å²) in [5, 5.41) is 10.5. The molecule has 1 aromatic heterocycles. The van der Waals surface area contributed by atoms with Crippen LogP contribution < -0.4 is 19.2 Å². The van der Waals surface area contributed by atoms with E-state index in [2.05, 4.69) is 10.2 Å². The third kappa shape index (κ3) is 3.89. The van der Waals surface area contributed by atoms with Gasteiger partial charge in [-0.15, -0.1) is 10.2 Å². The van der Waals surface area contributed by atoms with Crippen LogP contribution in [0.2, 0.25) is 0 Å². The van der Waals surface area contributed by atoms with Gasteiger partial charge in [-0.3, -0.25) is 0 Å². The van der Waals surface area contributed by atoms with Crippen LogP contribution in [0.1, 0.15) is 5.82 Å². The van der Waals surface area contributed by atoms with Gasteiger partial charge in [0.15, 0.2) is 5.82 Å². The van der Waals surface area contributed by atoms with E-state index in [1.165, 1.54) is 16.8 Å². The highest BCUT2D eigenvalue weighted by Crippen LogP contribution is 2.24. The van der Waals surface area contributed by atoms with Crippen LogP contribution in [0.15, 0.2) is 59.8 Å². The van der Waals surface area contributed by atoms with Crippen LogP contribution in [0.3, 0.4) is 0 Å². The molecule has 2 aromatic carbocycles. The first-order valence-electron chi connectivity index (χ1n) is 8.63. The fourth-order valence-electron chi connectivity index (χ4n) is 2.68. The lowest BCUT2D eigenvalue weighted by atomic mass is 10.3. The number of thioether (sulfide) groups is 1. The molecule has 8 nitrogen and oxygen atoms in total. The molecular formula is C19H18N4O4S. The standard InChI is InChI=1S/C19H18N4O4S/c1-25-14-7-9-15(10-8-14)26-13-17-20-21-18-23(17)22(11-12-28-18)19(24)27-16-5-3-2-4-6-16/h2-10H,11-13H2,1H3. The second-order valence-corrected chi connectivity index (χ2v) is 6.89. The maximum absolute atomic E-state index is 12.7. The molecule has 144 valence electrons. The van der Waals surface area contributed by atoms with E-state index in [0.29, 0.717) is 34.8 Å². The van der Waals surface area contributed by atoms with E-state index in [-0.39, 0.29) is 6.61 Å². The smallest absolute Gasteiger partial charge is 0.434 e. The van der Waals surface area contributed by atoms with Gasteiger partial charge in [-0.2, -0.15) is 0 Å². The van der Waals surface area contributed by atoms with Crippen molar-refractivity contribution >= 4 is 17.9 Å². The lowest BCUT2D eigenvalue weighted by Crippen LogP contribution is -2.47. The van der Waals surface area contributed by atoms with Gasteiger partial charge in [-0.25, -0.2) is 14.5 Å². The first-order chi connectivity index (χ1) is 13.7. The lowest BCUT2D eigenvalue weighted by molar-refractivity contribution is 0.198. The van der Waals surface area contributed by atoms with Gasteiger partial charge in [0.2, 0.25) is 5.16 Å². The second kappa shape index (κ2) is 8.22. The third-order valence-corrected chi connectivity index (χ3v) is 4.94. The summed E-state index contributed by atoms with van der Waals surface area (Å²) in [6, 6.07) is 16.2. The maximum Gasteiger partial charge on any atom is 0.434 e. The quantitative estimate of drug-likeness (QED) is 0.653. The number of methoxy groups -OCH3 is 1. The van der Waals surface area contributed by atoms with Crippen LogP contribution in [0.4, 0.5) is 4.79 Å². The van der Waals surface area contributed by atoms with Gasteiger partial charge in [0, 0.05) is 5.75 Å². The fraction of sp³-hybridized carbons (Fsp3) is 0.211. The van der Waals surface area contributed by atoms with Crippen LogP contribution in [0.25, 0.3) is 0 Å². The van der Waals surface area contributed by atoms with E-state index in [1.54, 1.807) is 23.9 Å². The minimum absolute atomic E-state index is 0.162. The molecule has 0 spiro atoms. The predicted octanol–water partition coefficient (Wildman–Crippen LogP) is 3.11. The third-order valence-electron chi connectivity index (χ3n) is 4.04. The minimum Gasteiger partial charge on any atom is -0.497 e. The number of para-hydroxylation sites is 1. The van der Waals surface area contributed by atoms with E-state index >= 15 is 0 Å². The first-order valence-corrected chi connectivity index (χ1v) is 9.62. The molecule has 0 bridgehead atoms. The Morgan fingerprint density at radius 3 is 2.54 bits per heavy atom. The monoisotopic (exact) mass is 398 g/mol. The molecule has 0 unspecified atom stereocenters. The van der Waals surface area contributed by atoms with E-state index in [4.69, 9.17) is 14.2 Å². The van der Waals surface area contributed by atoms with Crippen molar-refractivity contribution < 1.29 is 19.0 Å². The van der Waals surface area contributed by atoms with Crippen LogP contribution in [-0.4, -0.2) is 40.4 Å². The molecule has 1 aliphatic rings. The molecule has 2 heterocycles. The van der Waals surface area contributed by atoms with Gasteiger partial charge >= 0.3 is 6.09 Å². The molecule has 0 saturated heterocycles. The van der Waals surface area contributed by atoms with Crippen LogP contribution >= 0.6 is 11.8 Å². The van der Waals surface area contributed by atoms with Crippen LogP contribution in [0, 0.1) is 0 Å². The van der Waals surface area contributed by atoms with E-state index in [9.17, 15) is 4.79 Å². The number of hydrogen-bond acceptors (Lipinski definition) is 7. The zero-order chi connectivity index (χ0) is 19.3. The van der Waals surface area contributed by atoms with Crippen molar-refractivity contribution in [2.45, 2.75) is 11.8 Å². The fourth-order valence-corrected chi connectivity index (χ4v) is 3.55. The minimum atomic E-state index is -0.488. The average molecular weight is 398 g/mol. The highest BCUT2D eigenvalue weighted by atomic mass is 32.2. The first kappa shape index (κ1) is 18.2. The number of aromatic nitrogens is 3. The number of fused-ring (bicyclic) bond motifs is 1. The summed E-state index contributed by atoms with van der Waals surface area (Å²) in [4.78, 5) is 12.7. The highest BCUT2D eigenvalue weighted by molar-refractivity contribution is 7.99. The van der Waals surface area contributed by atoms with Crippen molar-refractivity contribution in [3.63, 3.8) is 0 Å². The Morgan fingerprint density at radius 2 is 1.79 bits per heavy atom. The Kier molecular flexibility index (Phi) is 5.34. The molecule has 0 radical (unpaired) electrons. The zero-order valence-electron chi connectivity index (χ0n) is 15.1. The molecule has 28 heavy (non-hydrogen) atoms. The SMILES string of the molecule is COc1ccc(OCc2nnc3n2N(C(=O)Oc2ccccc2)CCS3)cc1. The van der Waals surface area contributed by atoms with Gasteiger partial charge < -0.3 is 14.2 Å². The molecule has 1 aliphatic heterocycles. The Labute approximate surface area is 166 Å². The molecule has 0 fully saturated rings. The normalized spacial score (nSPS) is 13.0. The van der Waals surface area contributed by atoms with Crippen molar-refractivity contribution in [3.8, 4) is 17.2 Å². The van der Waals surface area contributed by atoms with E-state index in [0.717, 1.165) is 5.75 Å². The number of carbonyl (C=O) groups excluding carboxylic acids is 1. The van der Waals surface area contributed by atoms with Gasteiger partial charge in [-0.05, 0) is 36.4 Å². The number of amides is 1. The number of nitrogens with zero attached hydrogens (tertiary/aromatic N) is 4. The summed E-state index contributed by atoms with van der Waals surface area (Å²) in [7, 11) is 1.61. The number of benzene rings is 2. The van der Waals surface area contributed by atoms with Gasteiger partial charge in [0.25, 0.3) is 0 Å². The summed E-state index contributed by atoms with van der Waals surface area (Å²) in [6.07, 6.45) is -0.488. The van der Waals surface area contributed by atoms with Crippen molar-refractivity contribution in [2.75, 3.05) is 24.4 Å². The predicted molar refractivity (Wildman–Crippen MR) is 104 cm³/mol. The Hall–Kier alpha value is -3.20. The van der Waals surface area contributed by atoms with Gasteiger partial charge in [-0.1, -0.05) is 30.0 Å². The zero-order valence-corrected chi connectivity index (χ0v) is 16.0. The van der Waals surface area contributed by atoms with Crippen molar-refractivity contribution in [1.29, 1.82) is 0 Å². The summed E-state index contributed by atoms with van der Waals surface area (Å²) in [6.45, 7) is 0.645. The number of hydrogen-bond donors (Lipinski definition) is 0. The Morgan fingerprint density at radius 1 is 1.04 bits per heavy atom. The highest BCUT2D eigenvalue weighted by Gasteiger charge is 2.29. The van der Waals surface area contributed by atoms with Gasteiger partial charge in [0.05, 0.1) is 13.7 Å². The van der Waals surface area contributed by atoms with Crippen molar-refractivity contribution in [2.24, 2.45) is 0 Å². The van der Waals surface area contributed by atoms with Gasteiger partial charge in [0.1, 0.15) is 23.9 Å². The molecule has 0 saturated carbocycles. The van der Waals surface area contributed by atoms with Crippen LogP contribution in [0.5, 0.6) is 17.2 Å². The molecule has 0 N–H and O–H groups in total. The summed E-state index contributed by atoms with van der Waals surface area (Å²) >= 11 is 1.53.